The maximum atomic E-state index is 8.68. The van der Waals surface area contributed by atoms with Gasteiger partial charge >= 0.3 is 0 Å². The van der Waals surface area contributed by atoms with Crippen molar-refractivity contribution >= 4 is 0 Å². The van der Waals surface area contributed by atoms with E-state index in [0.29, 0.717) is 0 Å². The average molecular weight is 102 g/mol. The van der Waals surface area contributed by atoms with Crippen LogP contribution in [-0.4, -0.2) is 11.2 Å². The third-order valence-corrected chi connectivity index (χ3v) is 0.975. The van der Waals surface area contributed by atoms with Gasteiger partial charge in [-0.3, -0.25) is 0 Å². The molecule has 0 aliphatic heterocycles. The first-order chi connectivity index (χ1) is 3.27. The van der Waals surface area contributed by atoms with Crippen molar-refractivity contribution in [3.63, 3.8) is 0 Å². The van der Waals surface area contributed by atoms with E-state index in [-0.39, 0.29) is 6.10 Å². The molecule has 0 fully saturated rings. The van der Waals surface area contributed by atoms with Crippen LogP contribution in [0.15, 0.2) is 0 Å². The summed E-state index contributed by atoms with van der Waals surface area (Å²) < 4.78 is 0. The van der Waals surface area contributed by atoms with Crippen LogP contribution in [0.25, 0.3) is 0 Å². The minimum absolute atomic E-state index is 0.0973. The lowest BCUT2D eigenvalue weighted by Crippen LogP contribution is -1.97. The summed E-state index contributed by atoms with van der Waals surface area (Å²) in [6.45, 7) is 3.96. The van der Waals surface area contributed by atoms with Gasteiger partial charge in [0, 0.05) is 0 Å². The normalized spacial score (nSPS) is 14.1. The number of aliphatic hydroxyl groups excluding tert-OH is 1. The fourth-order valence-corrected chi connectivity index (χ4v) is 0.500. The van der Waals surface area contributed by atoms with Gasteiger partial charge in [-0.25, -0.2) is 0 Å². The smallest absolute Gasteiger partial charge is 0.0512 e. The van der Waals surface area contributed by atoms with Crippen molar-refractivity contribution < 1.29 is 5.11 Å². The van der Waals surface area contributed by atoms with Gasteiger partial charge in [-0.1, -0.05) is 19.8 Å². The Morgan fingerprint density at radius 2 is 2.14 bits per heavy atom. The Balaban J connectivity index is 2.68. The first-order valence-corrected chi connectivity index (χ1v) is 2.95. The van der Waals surface area contributed by atoms with Gasteiger partial charge in [0.2, 0.25) is 0 Å². The van der Waals surface area contributed by atoms with E-state index in [0.717, 1.165) is 12.8 Å². The molecule has 0 aromatic heterocycles. The van der Waals surface area contributed by atoms with E-state index in [1.165, 1.54) is 6.42 Å². The van der Waals surface area contributed by atoms with E-state index < -0.39 is 0 Å². The van der Waals surface area contributed by atoms with E-state index in [9.17, 15) is 0 Å². The summed E-state index contributed by atoms with van der Waals surface area (Å²) in [7, 11) is 0. The van der Waals surface area contributed by atoms with E-state index in [4.69, 9.17) is 5.11 Å². The van der Waals surface area contributed by atoms with Crippen LogP contribution in [-0.2, 0) is 0 Å². The predicted octanol–water partition coefficient (Wildman–Crippen LogP) is 1.56. The highest BCUT2D eigenvalue weighted by Crippen LogP contribution is 1.97. The van der Waals surface area contributed by atoms with Crippen LogP contribution in [0, 0.1) is 0 Å². The molecule has 0 aliphatic carbocycles. The lowest BCUT2D eigenvalue weighted by Gasteiger charge is -1.98. The van der Waals surface area contributed by atoms with Crippen LogP contribution in [0.4, 0.5) is 0 Å². The molecule has 0 heterocycles. The second kappa shape index (κ2) is 4.13. The molecule has 1 atom stereocenters. The summed E-state index contributed by atoms with van der Waals surface area (Å²) in [6, 6.07) is 0. The van der Waals surface area contributed by atoms with Crippen LogP contribution < -0.4 is 0 Å². The summed E-state index contributed by atoms with van der Waals surface area (Å²) >= 11 is 0. The SMILES string of the molecule is CCCC[C@@H](C)O. The molecule has 0 aliphatic rings. The third-order valence-electron chi connectivity index (χ3n) is 0.975. The maximum Gasteiger partial charge on any atom is 0.0512 e. The number of unbranched alkanes of at least 4 members (excludes halogenated alkanes) is 1. The molecular formula is C6H14O. The van der Waals surface area contributed by atoms with E-state index >= 15 is 0 Å². The molecule has 0 bridgehead atoms. The molecule has 0 aromatic carbocycles. The molecule has 0 saturated carbocycles. The van der Waals surface area contributed by atoms with E-state index in [1.54, 1.807) is 0 Å². The third kappa shape index (κ3) is 5.96. The molecule has 1 N–H and O–H groups in total. The second-order valence-electron chi connectivity index (χ2n) is 1.99. The average Bonchev–Trinajstić information content (AvgIpc) is 1.61. The molecule has 0 rings (SSSR count). The minimum Gasteiger partial charge on any atom is -0.393 e. The quantitative estimate of drug-likeness (QED) is 0.573. The molecule has 0 radical (unpaired) electrons. The molecule has 1 heteroatoms. The summed E-state index contributed by atoms with van der Waals surface area (Å²) in [5.74, 6) is 0. The fourth-order valence-electron chi connectivity index (χ4n) is 0.500. The molecule has 44 valence electrons. The maximum absolute atomic E-state index is 8.68. The summed E-state index contributed by atoms with van der Waals surface area (Å²) in [5, 5.41) is 8.68. The van der Waals surface area contributed by atoms with Crippen molar-refractivity contribution in [3.8, 4) is 0 Å². The number of rotatable bonds is 3. The summed E-state index contributed by atoms with van der Waals surface area (Å²) in [4.78, 5) is 0. The molecule has 7 heavy (non-hydrogen) atoms. The predicted molar refractivity (Wildman–Crippen MR) is 31.2 cm³/mol. The van der Waals surface area contributed by atoms with Crippen LogP contribution >= 0.6 is 0 Å². The Bertz CT molecular complexity index is 33.2. The largest absolute Gasteiger partial charge is 0.393 e. The first-order valence-electron chi connectivity index (χ1n) is 2.95. The van der Waals surface area contributed by atoms with Gasteiger partial charge in [-0.2, -0.15) is 0 Å². The monoisotopic (exact) mass is 102 g/mol. The molecule has 0 saturated heterocycles. The van der Waals surface area contributed by atoms with Crippen molar-refractivity contribution in [1.29, 1.82) is 0 Å². The molecular weight excluding hydrogens is 88.1 g/mol. The highest BCUT2D eigenvalue weighted by Gasteiger charge is 1.90. The van der Waals surface area contributed by atoms with Gasteiger partial charge in [-0.15, -0.1) is 0 Å². The molecule has 0 spiro atoms. The van der Waals surface area contributed by atoms with Gasteiger partial charge in [0.15, 0.2) is 0 Å². The Kier molecular flexibility index (Phi) is 4.10. The van der Waals surface area contributed by atoms with Crippen molar-refractivity contribution in [2.45, 2.75) is 39.2 Å². The summed E-state index contributed by atoms with van der Waals surface area (Å²) in [5.41, 5.74) is 0. The van der Waals surface area contributed by atoms with Gasteiger partial charge in [0.1, 0.15) is 0 Å². The topological polar surface area (TPSA) is 20.2 Å². The van der Waals surface area contributed by atoms with Crippen LogP contribution in [0.2, 0.25) is 0 Å². The molecule has 1 nitrogen and oxygen atoms in total. The fraction of sp³-hybridized carbons (Fsp3) is 1.00. The minimum atomic E-state index is -0.0973. The number of hydrogen-bond acceptors (Lipinski definition) is 1. The Hall–Kier alpha value is -0.0400. The van der Waals surface area contributed by atoms with E-state index in [2.05, 4.69) is 6.92 Å². The molecule has 0 aromatic rings. The molecule has 0 amide bonds. The van der Waals surface area contributed by atoms with Gasteiger partial charge < -0.3 is 5.11 Å². The van der Waals surface area contributed by atoms with Crippen LogP contribution in [0.3, 0.4) is 0 Å². The zero-order valence-electron chi connectivity index (χ0n) is 5.15. The molecule has 0 unspecified atom stereocenters. The van der Waals surface area contributed by atoms with Crippen LogP contribution in [0.1, 0.15) is 33.1 Å². The van der Waals surface area contributed by atoms with Crippen molar-refractivity contribution in [2.75, 3.05) is 0 Å². The Morgan fingerprint density at radius 3 is 2.29 bits per heavy atom. The standard InChI is InChI=1S/C6H14O/c1-3-4-5-6(2)7/h6-7H,3-5H2,1-2H3/t6-/m1/s1. The van der Waals surface area contributed by atoms with Gasteiger partial charge in [0.25, 0.3) is 0 Å². The Labute approximate surface area is 45.4 Å². The Morgan fingerprint density at radius 1 is 1.57 bits per heavy atom. The highest BCUT2D eigenvalue weighted by molar-refractivity contribution is 4.43. The van der Waals surface area contributed by atoms with Crippen molar-refractivity contribution in [2.24, 2.45) is 0 Å². The lowest BCUT2D eigenvalue weighted by atomic mass is 10.2. The highest BCUT2D eigenvalue weighted by atomic mass is 16.3. The van der Waals surface area contributed by atoms with Gasteiger partial charge in [-0.05, 0) is 13.3 Å². The lowest BCUT2D eigenvalue weighted by molar-refractivity contribution is 0.181. The van der Waals surface area contributed by atoms with Crippen LogP contribution in [0.5, 0.6) is 0 Å². The second-order valence-corrected chi connectivity index (χ2v) is 1.99. The first kappa shape index (κ1) is 6.96. The zero-order chi connectivity index (χ0) is 5.70. The van der Waals surface area contributed by atoms with E-state index in [1.807, 2.05) is 6.92 Å². The summed E-state index contributed by atoms with van der Waals surface area (Å²) in [6.07, 6.45) is 3.19. The number of hydrogen-bond donors (Lipinski definition) is 1. The number of aliphatic hydroxyl groups is 1. The zero-order valence-corrected chi connectivity index (χ0v) is 5.15. The van der Waals surface area contributed by atoms with Crippen molar-refractivity contribution in [1.82, 2.24) is 0 Å². The van der Waals surface area contributed by atoms with Crippen molar-refractivity contribution in [3.05, 3.63) is 0 Å². The van der Waals surface area contributed by atoms with Gasteiger partial charge in [0.05, 0.1) is 6.10 Å².